The Bertz CT molecular complexity index is 577. The molecule has 5 heteroatoms. The van der Waals surface area contributed by atoms with Crippen LogP contribution in [0.4, 0.5) is 13.2 Å². The van der Waals surface area contributed by atoms with Crippen molar-refractivity contribution in [2.24, 2.45) is 0 Å². The van der Waals surface area contributed by atoms with Crippen molar-refractivity contribution in [2.45, 2.75) is 6.18 Å². The molecule has 0 radical (unpaired) electrons. The van der Waals surface area contributed by atoms with Crippen LogP contribution in [0.1, 0.15) is 0 Å². The van der Waals surface area contributed by atoms with Crippen molar-refractivity contribution in [2.75, 3.05) is 0 Å². The molecule has 0 bridgehead atoms. The molecule has 0 unspecified atom stereocenters. The SMILES string of the molecule is O=C(Oc1cccc(-c2ccccc2)c1)C(F)(F)F. The fourth-order valence-electron chi connectivity index (χ4n) is 1.53. The van der Waals surface area contributed by atoms with Gasteiger partial charge in [-0.25, -0.2) is 4.79 Å². The molecule has 19 heavy (non-hydrogen) atoms. The summed E-state index contributed by atoms with van der Waals surface area (Å²) >= 11 is 0. The molecule has 0 aliphatic carbocycles. The zero-order chi connectivity index (χ0) is 13.9. The highest BCUT2D eigenvalue weighted by atomic mass is 19.4. The predicted molar refractivity (Wildman–Crippen MR) is 63.6 cm³/mol. The lowest BCUT2D eigenvalue weighted by Crippen LogP contribution is -2.27. The van der Waals surface area contributed by atoms with Crippen LogP contribution in [0.15, 0.2) is 54.6 Å². The average Bonchev–Trinajstić information content (AvgIpc) is 2.39. The molecule has 0 amide bonds. The summed E-state index contributed by atoms with van der Waals surface area (Å²) in [7, 11) is 0. The van der Waals surface area contributed by atoms with Crippen molar-refractivity contribution in [1.29, 1.82) is 0 Å². The highest BCUT2D eigenvalue weighted by Crippen LogP contribution is 2.25. The van der Waals surface area contributed by atoms with Crippen LogP contribution in [0.5, 0.6) is 5.75 Å². The maximum atomic E-state index is 12.1. The maximum Gasteiger partial charge on any atom is 0.491 e. The van der Waals surface area contributed by atoms with E-state index >= 15 is 0 Å². The van der Waals surface area contributed by atoms with Gasteiger partial charge >= 0.3 is 12.1 Å². The van der Waals surface area contributed by atoms with Crippen molar-refractivity contribution >= 4 is 5.97 Å². The number of halogens is 3. The molecular weight excluding hydrogens is 257 g/mol. The molecule has 0 N–H and O–H groups in total. The van der Waals surface area contributed by atoms with Gasteiger partial charge in [0.25, 0.3) is 0 Å². The maximum absolute atomic E-state index is 12.1. The molecule has 0 aliphatic rings. The highest BCUT2D eigenvalue weighted by Gasteiger charge is 2.41. The van der Waals surface area contributed by atoms with Gasteiger partial charge in [0.05, 0.1) is 0 Å². The van der Waals surface area contributed by atoms with Crippen LogP contribution >= 0.6 is 0 Å². The minimum Gasteiger partial charge on any atom is -0.420 e. The van der Waals surface area contributed by atoms with Gasteiger partial charge in [-0.05, 0) is 23.3 Å². The Morgan fingerprint density at radius 2 is 1.53 bits per heavy atom. The number of alkyl halides is 3. The summed E-state index contributed by atoms with van der Waals surface area (Å²) in [5.74, 6) is -2.36. The van der Waals surface area contributed by atoms with Gasteiger partial charge in [-0.15, -0.1) is 0 Å². The highest BCUT2D eigenvalue weighted by molar-refractivity contribution is 5.78. The lowest BCUT2D eigenvalue weighted by molar-refractivity contribution is -0.189. The zero-order valence-electron chi connectivity index (χ0n) is 9.65. The van der Waals surface area contributed by atoms with Crippen molar-refractivity contribution in [1.82, 2.24) is 0 Å². The number of rotatable bonds is 2. The van der Waals surface area contributed by atoms with E-state index in [4.69, 9.17) is 0 Å². The van der Waals surface area contributed by atoms with Crippen LogP contribution < -0.4 is 4.74 Å². The molecule has 2 aromatic carbocycles. The molecular formula is C14H9F3O2. The Hall–Kier alpha value is -2.30. The van der Waals surface area contributed by atoms with Crippen LogP contribution in [0.2, 0.25) is 0 Å². The van der Waals surface area contributed by atoms with E-state index in [-0.39, 0.29) is 5.75 Å². The Labute approximate surface area is 107 Å². The van der Waals surface area contributed by atoms with Crippen molar-refractivity contribution < 1.29 is 22.7 Å². The summed E-state index contributed by atoms with van der Waals surface area (Å²) in [5.41, 5.74) is 1.50. The van der Waals surface area contributed by atoms with E-state index in [1.54, 1.807) is 6.07 Å². The molecule has 0 spiro atoms. The molecule has 0 fully saturated rings. The molecule has 98 valence electrons. The number of carbonyl (C=O) groups excluding carboxylic acids is 1. The van der Waals surface area contributed by atoms with Gasteiger partial charge in [0.1, 0.15) is 5.75 Å². The van der Waals surface area contributed by atoms with Crippen LogP contribution in [0, 0.1) is 0 Å². The second kappa shape index (κ2) is 5.14. The standard InChI is InChI=1S/C14H9F3O2/c15-14(16,17)13(18)19-12-8-4-7-11(9-12)10-5-2-1-3-6-10/h1-9H. The van der Waals surface area contributed by atoms with E-state index in [2.05, 4.69) is 4.74 Å². The van der Waals surface area contributed by atoms with E-state index in [0.29, 0.717) is 5.56 Å². The van der Waals surface area contributed by atoms with Gasteiger partial charge in [0.15, 0.2) is 0 Å². The van der Waals surface area contributed by atoms with E-state index in [1.807, 2.05) is 30.3 Å². The lowest BCUT2D eigenvalue weighted by Gasteiger charge is -2.08. The van der Waals surface area contributed by atoms with Gasteiger partial charge < -0.3 is 4.74 Å². The lowest BCUT2D eigenvalue weighted by atomic mass is 10.1. The Morgan fingerprint density at radius 3 is 2.16 bits per heavy atom. The first-order valence-electron chi connectivity index (χ1n) is 5.41. The third-order valence-corrected chi connectivity index (χ3v) is 2.38. The number of benzene rings is 2. The molecule has 0 aromatic heterocycles. The Kier molecular flexibility index (Phi) is 3.55. The second-order valence-electron chi connectivity index (χ2n) is 3.78. The molecule has 0 saturated carbocycles. The Balaban J connectivity index is 2.24. The average molecular weight is 266 g/mol. The molecule has 0 saturated heterocycles. The third-order valence-electron chi connectivity index (χ3n) is 2.38. The minimum absolute atomic E-state index is 0.135. The fraction of sp³-hybridized carbons (Fsp3) is 0.0714. The summed E-state index contributed by atoms with van der Waals surface area (Å²) < 4.78 is 40.5. The molecule has 2 aromatic rings. The number of esters is 1. The zero-order valence-corrected chi connectivity index (χ0v) is 9.65. The van der Waals surface area contributed by atoms with Gasteiger partial charge in [-0.1, -0.05) is 42.5 Å². The van der Waals surface area contributed by atoms with E-state index in [9.17, 15) is 18.0 Å². The first-order valence-corrected chi connectivity index (χ1v) is 5.41. The first kappa shape index (κ1) is 13.1. The van der Waals surface area contributed by atoms with Gasteiger partial charge in [0.2, 0.25) is 0 Å². The van der Waals surface area contributed by atoms with Crippen molar-refractivity contribution in [3.63, 3.8) is 0 Å². The summed E-state index contributed by atoms with van der Waals surface area (Å²) in [6.07, 6.45) is -5.00. The number of ether oxygens (including phenoxy) is 1. The Morgan fingerprint density at radius 1 is 0.895 bits per heavy atom. The molecule has 0 atom stereocenters. The first-order chi connectivity index (χ1) is 8.97. The smallest absolute Gasteiger partial charge is 0.420 e. The van der Waals surface area contributed by atoms with Crippen LogP contribution in [0.25, 0.3) is 11.1 Å². The van der Waals surface area contributed by atoms with E-state index in [0.717, 1.165) is 5.56 Å². The number of hydrogen-bond acceptors (Lipinski definition) is 2. The summed E-state index contributed by atoms with van der Waals surface area (Å²) in [4.78, 5) is 10.7. The van der Waals surface area contributed by atoms with Crippen molar-refractivity contribution in [3.8, 4) is 16.9 Å². The van der Waals surface area contributed by atoms with E-state index < -0.39 is 12.1 Å². The normalized spacial score (nSPS) is 11.1. The summed E-state index contributed by atoms with van der Waals surface area (Å²) in [5, 5.41) is 0. The van der Waals surface area contributed by atoms with Crippen molar-refractivity contribution in [3.05, 3.63) is 54.6 Å². The molecule has 0 heterocycles. The summed E-state index contributed by atoms with van der Waals surface area (Å²) in [6.45, 7) is 0. The van der Waals surface area contributed by atoms with Crippen LogP contribution in [-0.2, 0) is 4.79 Å². The van der Waals surface area contributed by atoms with Gasteiger partial charge in [0, 0.05) is 0 Å². The largest absolute Gasteiger partial charge is 0.491 e. The number of carbonyl (C=O) groups is 1. The van der Waals surface area contributed by atoms with Crippen LogP contribution in [0.3, 0.4) is 0 Å². The quantitative estimate of drug-likeness (QED) is 0.610. The predicted octanol–water partition coefficient (Wildman–Crippen LogP) is 3.82. The van der Waals surface area contributed by atoms with Gasteiger partial charge in [-0.3, -0.25) is 0 Å². The monoisotopic (exact) mass is 266 g/mol. The third kappa shape index (κ3) is 3.34. The fourth-order valence-corrected chi connectivity index (χ4v) is 1.53. The molecule has 0 aliphatic heterocycles. The second-order valence-corrected chi connectivity index (χ2v) is 3.78. The topological polar surface area (TPSA) is 26.3 Å². The minimum atomic E-state index is -5.00. The summed E-state index contributed by atoms with van der Waals surface area (Å²) in [6, 6.07) is 15.0. The number of hydrogen-bond donors (Lipinski definition) is 0. The van der Waals surface area contributed by atoms with Crippen LogP contribution in [-0.4, -0.2) is 12.1 Å². The molecule has 2 rings (SSSR count). The molecule has 2 nitrogen and oxygen atoms in total. The van der Waals surface area contributed by atoms with Gasteiger partial charge in [-0.2, -0.15) is 13.2 Å². The van der Waals surface area contributed by atoms with E-state index in [1.165, 1.54) is 18.2 Å².